The molecule has 2 rings (SSSR count). The maximum Gasteiger partial charge on any atom is 0.277 e. The zero-order valence-corrected chi connectivity index (χ0v) is 14.3. The average Bonchev–Trinajstić information content (AvgIpc) is 2.61. The Morgan fingerprint density at radius 1 is 1.12 bits per heavy atom. The molecule has 4 nitrogen and oxygen atoms in total. The van der Waals surface area contributed by atoms with Gasteiger partial charge < -0.3 is 4.74 Å². The summed E-state index contributed by atoms with van der Waals surface area (Å²) in [6.45, 7) is 4.07. The van der Waals surface area contributed by atoms with Crippen LogP contribution in [0, 0.1) is 6.92 Å². The van der Waals surface area contributed by atoms with Crippen molar-refractivity contribution in [1.82, 2.24) is 5.43 Å². The number of hydrazone groups is 1. The molecule has 0 aliphatic heterocycles. The number of carbonyl (C=O) groups is 1. The van der Waals surface area contributed by atoms with Gasteiger partial charge in [0.05, 0.1) is 5.71 Å². The van der Waals surface area contributed by atoms with Crippen LogP contribution < -0.4 is 10.2 Å². The van der Waals surface area contributed by atoms with Crippen LogP contribution >= 0.6 is 0 Å². The van der Waals surface area contributed by atoms with Crippen molar-refractivity contribution in [1.29, 1.82) is 0 Å². The Bertz CT molecular complexity index is 681. The van der Waals surface area contributed by atoms with Gasteiger partial charge >= 0.3 is 0 Å². The average molecular weight is 324 g/mol. The van der Waals surface area contributed by atoms with E-state index < -0.39 is 0 Å². The molecule has 0 aliphatic rings. The van der Waals surface area contributed by atoms with E-state index in [1.54, 1.807) is 0 Å². The number of nitrogens with one attached hydrogen (secondary N) is 1. The molecule has 0 fully saturated rings. The summed E-state index contributed by atoms with van der Waals surface area (Å²) >= 11 is 0. The van der Waals surface area contributed by atoms with E-state index in [-0.39, 0.29) is 12.5 Å². The van der Waals surface area contributed by atoms with Crippen LogP contribution in [0.15, 0.2) is 59.7 Å². The lowest BCUT2D eigenvalue weighted by Crippen LogP contribution is -2.26. The quantitative estimate of drug-likeness (QED) is 0.587. The van der Waals surface area contributed by atoms with Gasteiger partial charge in [0, 0.05) is 0 Å². The monoisotopic (exact) mass is 324 g/mol. The normalized spacial score (nSPS) is 11.2. The molecule has 0 saturated carbocycles. The Morgan fingerprint density at radius 2 is 1.92 bits per heavy atom. The molecular formula is C20H24N2O2. The van der Waals surface area contributed by atoms with Crippen LogP contribution in [0.3, 0.4) is 0 Å². The second kappa shape index (κ2) is 9.50. The smallest absolute Gasteiger partial charge is 0.277 e. The van der Waals surface area contributed by atoms with Crippen LogP contribution in [0.5, 0.6) is 5.75 Å². The Kier molecular flexibility index (Phi) is 7.02. The molecule has 0 radical (unpaired) electrons. The zero-order valence-electron chi connectivity index (χ0n) is 14.3. The molecule has 0 aliphatic carbocycles. The van der Waals surface area contributed by atoms with Gasteiger partial charge in [0.25, 0.3) is 5.91 Å². The molecule has 2 aromatic carbocycles. The van der Waals surface area contributed by atoms with Crippen molar-refractivity contribution < 1.29 is 9.53 Å². The van der Waals surface area contributed by atoms with Gasteiger partial charge in [-0.3, -0.25) is 4.79 Å². The Morgan fingerprint density at radius 3 is 2.62 bits per heavy atom. The van der Waals surface area contributed by atoms with E-state index in [0.29, 0.717) is 5.75 Å². The minimum atomic E-state index is -0.263. The molecule has 0 saturated heterocycles. The second-order valence-corrected chi connectivity index (χ2v) is 5.67. The molecule has 1 N–H and O–H groups in total. The van der Waals surface area contributed by atoms with Gasteiger partial charge in [-0.2, -0.15) is 5.10 Å². The number of nitrogens with zero attached hydrogens (tertiary/aromatic N) is 1. The fourth-order valence-electron chi connectivity index (χ4n) is 2.26. The van der Waals surface area contributed by atoms with Crippen molar-refractivity contribution in [2.45, 2.75) is 33.1 Å². The predicted octanol–water partition coefficient (Wildman–Crippen LogP) is 4.08. The first-order valence-corrected chi connectivity index (χ1v) is 8.29. The molecule has 0 aromatic heterocycles. The molecule has 0 heterocycles. The fourth-order valence-corrected chi connectivity index (χ4v) is 2.26. The van der Waals surface area contributed by atoms with Crippen LogP contribution in [-0.2, 0) is 4.79 Å². The standard InChI is InChI=1S/C20H24N2O2/c1-3-4-13-19(17-10-6-5-7-11-17)21-22-20(23)15-24-18-12-8-9-16(2)14-18/h5-12,14H,3-4,13,15H2,1-2H3,(H,22,23)/b21-19+. The van der Waals surface area contributed by atoms with Gasteiger partial charge in [0.1, 0.15) is 5.75 Å². The summed E-state index contributed by atoms with van der Waals surface area (Å²) < 4.78 is 5.49. The van der Waals surface area contributed by atoms with Crippen molar-refractivity contribution in [2.24, 2.45) is 5.10 Å². The highest BCUT2D eigenvalue weighted by molar-refractivity contribution is 6.01. The third kappa shape index (κ3) is 5.88. The number of rotatable bonds is 8. The van der Waals surface area contributed by atoms with Gasteiger partial charge in [-0.1, -0.05) is 55.8 Å². The first-order chi connectivity index (χ1) is 11.7. The number of benzene rings is 2. The number of hydrogen-bond acceptors (Lipinski definition) is 3. The third-order valence-electron chi connectivity index (χ3n) is 3.55. The Balaban J connectivity index is 1.93. The maximum atomic E-state index is 12.0. The lowest BCUT2D eigenvalue weighted by molar-refractivity contribution is -0.123. The third-order valence-corrected chi connectivity index (χ3v) is 3.55. The van der Waals surface area contributed by atoms with Crippen molar-refractivity contribution in [2.75, 3.05) is 6.61 Å². The SMILES string of the molecule is CCCC/C(=N\NC(=O)COc1cccc(C)c1)c1ccccc1. The summed E-state index contributed by atoms with van der Waals surface area (Å²) in [5.74, 6) is 0.421. The summed E-state index contributed by atoms with van der Waals surface area (Å²) in [7, 11) is 0. The number of amides is 1. The first kappa shape index (κ1) is 17.7. The summed E-state index contributed by atoms with van der Waals surface area (Å²) in [5.41, 5.74) is 5.62. The maximum absolute atomic E-state index is 12.0. The van der Waals surface area contributed by atoms with Crippen molar-refractivity contribution in [3.63, 3.8) is 0 Å². The largest absolute Gasteiger partial charge is 0.484 e. The number of ether oxygens (including phenoxy) is 1. The van der Waals surface area contributed by atoms with Crippen LogP contribution in [0.2, 0.25) is 0 Å². The minimum Gasteiger partial charge on any atom is -0.484 e. The summed E-state index contributed by atoms with van der Waals surface area (Å²) in [6.07, 6.45) is 2.94. The summed E-state index contributed by atoms with van der Waals surface area (Å²) in [4.78, 5) is 12.0. The van der Waals surface area contributed by atoms with E-state index in [0.717, 1.165) is 36.1 Å². The molecule has 0 bridgehead atoms. The van der Waals surface area contributed by atoms with E-state index in [1.807, 2.05) is 61.5 Å². The molecule has 0 atom stereocenters. The van der Waals surface area contributed by atoms with E-state index in [2.05, 4.69) is 17.5 Å². The molecular weight excluding hydrogens is 300 g/mol. The molecule has 2 aromatic rings. The zero-order chi connectivity index (χ0) is 17.2. The lowest BCUT2D eigenvalue weighted by atomic mass is 10.1. The fraction of sp³-hybridized carbons (Fsp3) is 0.300. The van der Waals surface area contributed by atoms with Crippen LogP contribution in [0.1, 0.15) is 37.3 Å². The van der Waals surface area contributed by atoms with Gasteiger partial charge in [-0.05, 0) is 43.0 Å². The van der Waals surface area contributed by atoms with E-state index in [9.17, 15) is 4.79 Å². The highest BCUT2D eigenvalue weighted by Gasteiger charge is 2.06. The topological polar surface area (TPSA) is 50.7 Å². The van der Waals surface area contributed by atoms with E-state index in [1.165, 1.54) is 0 Å². The van der Waals surface area contributed by atoms with Crippen molar-refractivity contribution >= 4 is 11.6 Å². The van der Waals surface area contributed by atoms with Crippen molar-refractivity contribution in [3.05, 3.63) is 65.7 Å². The van der Waals surface area contributed by atoms with Gasteiger partial charge in [0.15, 0.2) is 6.61 Å². The van der Waals surface area contributed by atoms with Crippen LogP contribution in [0.25, 0.3) is 0 Å². The summed E-state index contributed by atoms with van der Waals surface area (Å²) in [5, 5.41) is 4.30. The first-order valence-electron chi connectivity index (χ1n) is 8.29. The summed E-state index contributed by atoms with van der Waals surface area (Å²) in [6, 6.07) is 17.5. The lowest BCUT2D eigenvalue weighted by Gasteiger charge is -2.08. The molecule has 0 unspecified atom stereocenters. The Labute approximate surface area is 143 Å². The van der Waals surface area contributed by atoms with Gasteiger partial charge in [0.2, 0.25) is 0 Å². The Hall–Kier alpha value is -2.62. The molecule has 24 heavy (non-hydrogen) atoms. The van der Waals surface area contributed by atoms with E-state index >= 15 is 0 Å². The molecule has 0 spiro atoms. The number of carbonyl (C=O) groups excluding carboxylic acids is 1. The molecule has 4 heteroatoms. The molecule has 1 amide bonds. The van der Waals surface area contributed by atoms with Crippen LogP contribution in [0.4, 0.5) is 0 Å². The van der Waals surface area contributed by atoms with Gasteiger partial charge in [-0.25, -0.2) is 5.43 Å². The molecule has 126 valence electrons. The minimum absolute atomic E-state index is 0.0528. The van der Waals surface area contributed by atoms with Crippen molar-refractivity contribution in [3.8, 4) is 5.75 Å². The highest BCUT2D eigenvalue weighted by atomic mass is 16.5. The highest BCUT2D eigenvalue weighted by Crippen LogP contribution is 2.12. The predicted molar refractivity (Wildman–Crippen MR) is 97.3 cm³/mol. The number of hydrogen-bond donors (Lipinski definition) is 1. The van der Waals surface area contributed by atoms with Crippen LogP contribution in [-0.4, -0.2) is 18.2 Å². The number of aryl methyl sites for hydroxylation is 1. The van der Waals surface area contributed by atoms with E-state index in [4.69, 9.17) is 4.74 Å². The van der Waals surface area contributed by atoms with Gasteiger partial charge in [-0.15, -0.1) is 0 Å². The number of unbranched alkanes of at least 4 members (excludes halogenated alkanes) is 1. The second-order valence-electron chi connectivity index (χ2n) is 5.67.